The van der Waals surface area contributed by atoms with Gasteiger partial charge in [0.05, 0.1) is 6.07 Å². The molecule has 0 rings (SSSR count). The molecule has 0 amide bonds. The number of nitrogens with zero attached hydrogens (tertiary/aromatic N) is 1. The van der Waals surface area contributed by atoms with E-state index < -0.39 is 15.3 Å². The van der Waals surface area contributed by atoms with Gasteiger partial charge >= 0.3 is 0 Å². The minimum absolute atomic E-state index is 0.449. The van der Waals surface area contributed by atoms with Crippen molar-refractivity contribution in [3.05, 3.63) is 0 Å². The standard InChI is InChI=1S/C15H30N2O2S/c1-3-5-7-9-10-12-15(14-16)20(18,19)17-13-11-8-6-4-2/h15,17H,3-13H2,1-2H3. The summed E-state index contributed by atoms with van der Waals surface area (Å²) < 4.78 is 26.5. The minimum atomic E-state index is -3.46. The molecule has 0 saturated carbocycles. The zero-order chi connectivity index (χ0) is 15.3. The number of hydrogen-bond acceptors (Lipinski definition) is 3. The van der Waals surface area contributed by atoms with Crippen LogP contribution < -0.4 is 4.72 Å². The Hall–Kier alpha value is -0.600. The van der Waals surface area contributed by atoms with Crippen molar-refractivity contribution < 1.29 is 8.42 Å². The Balaban J connectivity index is 3.97. The van der Waals surface area contributed by atoms with E-state index in [2.05, 4.69) is 18.6 Å². The van der Waals surface area contributed by atoms with Crippen molar-refractivity contribution >= 4 is 10.0 Å². The molecule has 0 aliphatic rings. The lowest BCUT2D eigenvalue weighted by atomic mass is 10.1. The molecule has 118 valence electrons. The molecule has 0 spiro atoms. The fraction of sp³-hybridized carbons (Fsp3) is 0.933. The van der Waals surface area contributed by atoms with Crippen LogP contribution in [-0.2, 0) is 10.0 Å². The molecular weight excluding hydrogens is 272 g/mol. The van der Waals surface area contributed by atoms with Crippen molar-refractivity contribution in [2.75, 3.05) is 6.54 Å². The molecule has 0 fully saturated rings. The number of nitriles is 1. The third kappa shape index (κ3) is 9.33. The summed E-state index contributed by atoms with van der Waals surface area (Å²) in [5, 5.41) is 8.14. The first-order chi connectivity index (χ1) is 9.58. The number of nitrogens with one attached hydrogen (secondary N) is 1. The Morgan fingerprint density at radius 1 is 0.950 bits per heavy atom. The molecule has 0 aromatic carbocycles. The van der Waals surface area contributed by atoms with Gasteiger partial charge in [0.15, 0.2) is 5.25 Å². The Labute approximate surface area is 125 Å². The third-order valence-electron chi connectivity index (χ3n) is 3.42. The topological polar surface area (TPSA) is 70.0 Å². The average Bonchev–Trinajstić information content (AvgIpc) is 2.42. The Morgan fingerprint density at radius 2 is 1.50 bits per heavy atom. The van der Waals surface area contributed by atoms with Crippen LogP contribution in [0.15, 0.2) is 0 Å². The summed E-state index contributed by atoms with van der Waals surface area (Å²) in [6, 6.07) is 1.93. The van der Waals surface area contributed by atoms with Crippen LogP contribution in [0.4, 0.5) is 0 Å². The SMILES string of the molecule is CCCCCCCC(C#N)S(=O)(=O)NCCCCCC. The van der Waals surface area contributed by atoms with Crippen LogP contribution in [0.1, 0.15) is 78.1 Å². The van der Waals surface area contributed by atoms with E-state index in [0.29, 0.717) is 13.0 Å². The van der Waals surface area contributed by atoms with E-state index in [1.54, 1.807) is 0 Å². The summed E-state index contributed by atoms with van der Waals surface area (Å²) in [5.74, 6) is 0. The fourth-order valence-electron chi connectivity index (χ4n) is 2.09. The molecule has 5 heteroatoms. The van der Waals surface area contributed by atoms with Gasteiger partial charge in [0.25, 0.3) is 0 Å². The summed E-state index contributed by atoms with van der Waals surface area (Å²) in [4.78, 5) is 0. The molecule has 0 bridgehead atoms. The average molecular weight is 302 g/mol. The molecule has 0 radical (unpaired) electrons. The van der Waals surface area contributed by atoms with Gasteiger partial charge in [-0.25, -0.2) is 13.1 Å². The Morgan fingerprint density at radius 3 is 2.05 bits per heavy atom. The maximum absolute atomic E-state index is 12.0. The second-order valence-electron chi connectivity index (χ2n) is 5.32. The molecule has 0 aromatic rings. The van der Waals surface area contributed by atoms with E-state index >= 15 is 0 Å². The van der Waals surface area contributed by atoms with Crippen LogP contribution >= 0.6 is 0 Å². The quantitative estimate of drug-likeness (QED) is 0.527. The molecule has 0 aromatic heterocycles. The van der Waals surface area contributed by atoms with Gasteiger partial charge < -0.3 is 0 Å². The highest BCUT2D eigenvalue weighted by molar-refractivity contribution is 7.90. The summed E-state index contributed by atoms with van der Waals surface area (Å²) in [7, 11) is -3.46. The van der Waals surface area contributed by atoms with Crippen LogP contribution in [-0.4, -0.2) is 20.2 Å². The maximum Gasteiger partial charge on any atom is 0.227 e. The number of hydrogen-bond donors (Lipinski definition) is 1. The normalized spacial score (nSPS) is 13.1. The van der Waals surface area contributed by atoms with Gasteiger partial charge in [0.1, 0.15) is 0 Å². The van der Waals surface area contributed by atoms with Gasteiger partial charge in [-0.05, 0) is 12.8 Å². The van der Waals surface area contributed by atoms with Gasteiger partial charge in [-0.1, -0.05) is 65.2 Å². The number of rotatable bonds is 13. The summed E-state index contributed by atoms with van der Waals surface area (Å²) in [6.07, 6.45) is 9.89. The van der Waals surface area contributed by atoms with Gasteiger partial charge in [-0.2, -0.15) is 5.26 Å². The van der Waals surface area contributed by atoms with Crippen LogP contribution in [0.3, 0.4) is 0 Å². The zero-order valence-electron chi connectivity index (χ0n) is 13.0. The fourth-order valence-corrected chi connectivity index (χ4v) is 3.33. The van der Waals surface area contributed by atoms with Gasteiger partial charge in [-0.3, -0.25) is 0 Å². The van der Waals surface area contributed by atoms with Crippen molar-refractivity contribution in [1.82, 2.24) is 4.72 Å². The van der Waals surface area contributed by atoms with Crippen LogP contribution in [0, 0.1) is 11.3 Å². The first-order valence-corrected chi connectivity index (χ1v) is 9.51. The molecule has 0 heterocycles. The highest BCUT2D eigenvalue weighted by Gasteiger charge is 2.23. The van der Waals surface area contributed by atoms with Gasteiger partial charge in [0, 0.05) is 6.54 Å². The minimum Gasteiger partial charge on any atom is -0.214 e. The van der Waals surface area contributed by atoms with E-state index in [9.17, 15) is 8.42 Å². The maximum atomic E-state index is 12.0. The van der Waals surface area contributed by atoms with Crippen molar-refractivity contribution in [2.45, 2.75) is 83.3 Å². The lowest BCUT2D eigenvalue weighted by Gasteiger charge is -2.11. The molecule has 1 unspecified atom stereocenters. The first kappa shape index (κ1) is 19.4. The predicted octanol–water partition coefficient (Wildman–Crippen LogP) is 3.74. The molecule has 1 N–H and O–H groups in total. The lowest BCUT2D eigenvalue weighted by Crippen LogP contribution is -2.34. The summed E-state index contributed by atoms with van der Waals surface area (Å²) >= 11 is 0. The molecule has 0 aliphatic heterocycles. The Bertz CT molecular complexity index is 361. The largest absolute Gasteiger partial charge is 0.227 e. The van der Waals surface area contributed by atoms with E-state index in [4.69, 9.17) is 5.26 Å². The first-order valence-electron chi connectivity index (χ1n) is 7.96. The monoisotopic (exact) mass is 302 g/mol. The third-order valence-corrected chi connectivity index (χ3v) is 5.12. The Kier molecular flexibility index (Phi) is 11.8. The highest BCUT2D eigenvalue weighted by atomic mass is 32.2. The van der Waals surface area contributed by atoms with Gasteiger partial charge in [0.2, 0.25) is 10.0 Å². The smallest absolute Gasteiger partial charge is 0.214 e. The van der Waals surface area contributed by atoms with E-state index in [-0.39, 0.29) is 0 Å². The van der Waals surface area contributed by atoms with Crippen molar-refractivity contribution in [3.63, 3.8) is 0 Å². The van der Waals surface area contributed by atoms with E-state index in [1.165, 1.54) is 12.8 Å². The van der Waals surface area contributed by atoms with Crippen LogP contribution in [0.2, 0.25) is 0 Å². The molecule has 0 aliphatic carbocycles. The number of unbranched alkanes of at least 4 members (excludes halogenated alkanes) is 7. The highest BCUT2D eigenvalue weighted by Crippen LogP contribution is 2.12. The van der Waals surface area contributed by atoms with Crippen molar-refractivity contribution in [2.24, 2.45) is 0 Å². The molecule has 4 nitrogen and oxygen atoms in total. The summed E-state index contributed by atoms with van der Waals surface area (Å²) in [6.45, 7) is 4.72. The van der Waals surface area contributed by atoms with Gasteiger partial charge in [-0.15, -0.1) is 0 Å². The predicted molar refractivity (Wildman–Crippen MR) is 83.8 cm³/mol. The second kappa shape index (κ2) is 12.2. The van der Waals surface area contributed by atoms with Crippen molar-refractivity contribution in [3.8, 4) is 6.07 Å². The molecule has 1 atom stereocenters. The second-order valence-corrected chi connectivity index (χ2v) is 7.27. The van der Waals surface area contributed by atoms with Crippen molar-refractivity contribution in [1.29, 1.82) is 5.26 Å². The summed E-state index contributed by atoms with van der Waals surface area (Å²) in [5.41, 5.74) is 0. The van der Waals surface area contributed by atoms with Crippen LogP contribution in [0.25, 0.3) is 0 Å². The lowest BCUT2D eigenvalue weighted by molar-refractivity contribution is 0.553. The van der Waals surface area contributed by atoms with E-state index in [0.717, 1.165) is 44.9 Å². The zero-order valence-corrected chi connectivity index (χ0v) is 13.8. The molecule has 20 heavy (non-hydrogen) atoms. The molecule has 0 saturated heterocycles. The molecular formula is C15H30N2O2S. The number of sulfonamides is 1. The van der Waals surface area contributed by atoms with E-state index in [1.807, 2.05) is 6.07 Å². The van der Waals surface area contributed by atoms with Crippen LogP contribution in [0.5, 0.6) is 0 Å².